The van der Waals surface area contributed by atoms with Crippen LogP contribution in [-0.2, 0) is 4.79 Å². The van der Waals surface area contributed by atoms with E-state index in [2.05, 4.69) is 24.1 Å². The third-order valence-electron chi connectivity index (χ3n) is 4.58. The molecule has 0 radical (unpaired) electrons. The molecule has 1 amide bonds. The van der Waals surface area contributed by atoms with Crippen LogP contribution in [0.4, 0.5) is 0 Å². The van der Waals surface area contributed by atoms with Crippen molar-refractivity contribution in [3.05, 3.63) is 0 Å². The first-order chi connectivity index (χ1) is 8.13. The van der Waals surface area contributed by atoms with Crippen molar-refractivity contribution in [2.75, 3.05) is 6.54 Å². The Morgan fingerprint density at radius 2 is 2.00 bits per heavy atom. The lowest BCUT2D eigenvalue weighted by Crippen LogP contribution is -2.41. The van der Waals surface area contributed by atoms with E-state index in [9.17, 15) is 4.79 Å². The summed E-state index contributed by atoms with van der Waals surface area (Å²) in [6.45, 7) is 7.45. The molecule has 98 valence electrons. The van der Waals surface area contributed by atoms with E-state index >= 15 is 0 Å². The number of carbonyl (C=O) groups excluding carboxylic acids is 1. The van der Waals surface area contributed by atoms with Gasteiger partial charge >= 0.3 is 0 Å². The summed E-state index contributed by atoms with van der Waals surface area (Å²) < 4.78 is 0. The number of carbonyl (C=O) groups is 1. The van der Waals surface area contributed by atoms with Crippen LogP contribution in [0, 0.1) is 11.8 Å². The molecule has 3 nitrogen and oxygen atoms in total. The van der Waals surface area contributed by atoms with E-state index in [1.165, 1.54) is 25.7 Å². The molecule has 0 aromatic rings. The van der Waals surface area contributed by atoms with Gasteiger partial charge in [0.05, 0.1) is 12.2 Å². The molecular weight excluding hydrogens is 212 g/mol. The molecule has 1 aliphatic heterocycles. The van der Waals surface area contributed by atoms with Crippen LogP contribution in [0.3, 0.4) is 0 Å². The quantitative estimate of drug-likeness (QED) is 0.818. The maximum atomic E-state index is 12.1. The molecule has 4 unspecified atom stereocenters. The largest absolute Gasteiger partial charge is 0.326 e. The van der Waals surface area contributed by atoms with E-state index in [0.29, 0.717) is 11.8 Å². The smallest absolute Gasteiger partial charge is 0.240 e. The third kappa shape index (κ3) is 2.65. The number of nitrogens with zero attached hydrogens (tertiary/aromatic N) is 1. The van der Waals surface area contributed by atoms with Crippen LogP contribution in [0.25, 0.3) is 0 Å². The predicted molar refractivity (Wildman–Crippen MR) is 69.5 cm³/mol. The number of nitrogens with one attached hydrogen (secondary N) is 1. The van der Waals surface area contributed by atoms with Gasteiger partial charge in [-0.05, 0) is 31.6 Å². The second-order valence-corrected chi connectivity index (χ2v) is 5.82. The van der Waals surface area contributed by atoms with Crippen molar-refractivity contribution in [1.29, 1.82) is 0 Å². The lowest BCUT2D eigenvalue weighted by Gasteiger charge is -2.34. The number of hydrogen-bond donors (Lipinski definition) is 1. The summed E-state index contributed by atoms with van der Waals surface area (Å²) in [4.78, 5) is 14.2. The Hall–Kier alpha value is -0.570. The van der Waals surface area contributed by atoms with Crippen molar-refractivity contribution < 1.29 is 4.79 Å². The minimum Gasteiger partial charge on any atom is -0.326 e. The highest BCUT2D eigenvalue weighted by atomic mass is 16.2. The van der Waals surface area contributed by atoms with Gasteiger partial charge in [-0.25, -0.2) is 0 Å². The maximum absolute atomic E-state index is 12.1. The first kappa shape index (κ1) is 12.9. The highest BCUT2D eigenvalue weighted by Gasteiger charge is 2.37. The second-order valence-electron chi connectivity index (χ2n) is 5.82. The van der Waals surface area contributed by atoms with E-state index in [1.54, 1.807) is 0 Å². The van der Waals surface area contributed by atoms with Crippen LogP contribution in [0.1, 0.15) is 52.9 Å². The van der Waals surface area contributed by atoms with Gasteiger partial charge in [-0.2, -0.15) is 0 Å². The van der Waals surface area contributed by atoms with E-state index in [-0.39, 0.29) is 12.2 Å². The Labute approximate surface area is 105 Å². The van der Waals surface area contributed by atoms with E-state index < -0.39 is 0 Å². The summed E-state index contributed by atoms with van der Waals surface area (Å²) in [5, 5.41) is 3.38. The Morgan fingerprint density at radius 3 is 2.65 bits per heavy atom. The van der Waals surface area contributed by atoms with E-state index in [0.717, 1.165) is 18.9 Å². The van der Waals surface area contributed by atoms with Crippen LogP contribution in [0.15, 0.2) is 0 Å². The minimum absolute atomic E-state index is 0.0128. The highest BCUT2D eigenvalue weighted by Crippen LogP contribution is 2.31. The zero-order valence-electron chi connectivity index (χ0n) is 11.4. The molecular formula is C14H26N2O. The number of amides is 1. The van der Waals surface area contributed by atoms with Crippen molar-refractivity contribution in [3.63, 3.8) is 0 Å². The fourth-order valence-electron chi connectivity index (χ4n) is 3.32. The first-order valence-electron chi connectivity index (χ1n) is 7.20. The van der Waals surface area contributed by atoms with Gasteiger partial charge < -0.3 is 4.90 Å². The molecule has 2 rings (SSSR count). The molecule has 3 heteroatoms. The Kier molecular flexibility index (Phi) is 4.08. The molecule has 1 N–H and O–H groups in total. The van der Waals surface area contributed by atoms with Gasteiger partial charge in [0.2, 0.25) is 5.91 Å². The molecule has 0 aromatic heterocycles. The van der Waals surface area contributed by atoms with Crippen LogP contribution in [0.2, 0.25) is 0 Å². The average molecular weight is 238 g/mol. The van der Waals surface area contributed by atoms with E-state index in [1.807, 2.05) is 6.92 Å². The van der Waals surface area contributed by atoms with E-state index in [4.69, 9.17) is 0 Å². The Morgan fingerprint density at radius 1 is 1.29 bits per heavy atom. The third-order valence-corrected chi connectivity index (χ3v) is 4.58. The summed E-state index contributed by atoms with van der Waals surface area (Å²) in [6.07, 6.45) is 6.64. The summed E-state index contributed by atoms with van der Waals surface area (Å²) in [5.74, 6) is 1.80. The summed E-state index contributed by atoms with van der Waals surface area (Å²) >= 11 is 0. The van der Waals surface area contributed by atoms with Gasteiger partial charge in [0.15, 0.2) is 0 Å². The predicted octanol–water partition coefficient (Wildman–Crippen LogP) is 2.37. The fraction of sp³-hybridized carbons (Fsp3) is 0.929. The molecule has 2 aliphatic rings. The minimum atomic E-state index is 0.0128. The normalized spacial score (nSPS) is 38.8. The van der Waals surface area contributed by atoms with Gasteiger partial charge in [-0.3, -0.25) is 10.1 Å². The molecule has 17 heavy (non-hydrogen) atoms. The highest BCUT2D eigenvalue weighted by molar-refractivity contribution is 5.83. The summed E-state index contributed by atoms with van der Waals surface area (Å²) in [7, 11) is 0. The summed E-state index contributed by atoms with van der Waals surface area (Å²) in [6, 6.07) is 0.0128. The van der Waals surface area contributed by atoms with Gasteiger partial charge in [0, 0.05) is 6.54 Å². The zero-order chi connectivity index (χ0) is 12.4. The molecule has 0 bridgehead atoms. The van der Waals surface area contributed by atoms with Gasteiger partial charge in [0.25, 0.3) is 0 Å². The molecule has 1 saturated heterocycles. The van der Waals surface area contributed by atoms with Crippen molar-refractivity contribution in [2.45, 2.75) is 65.1 Å². The lowest BCUT2D eigenvalue weighted by atomic mass is 9.80. The monoisotopic (exact) mass is 238 g/mol. The number of rotatable bonds is 3. The molecule has 4 atom stereocenters. The number of hydrogen-bond acceptors (Lipinski definition) is 2. The van der Waals surface area contributed by atoms with Crippen molar-refractivity contribution in [3.8, 4) is 0 Å². The van der Waals surface area contributed by atoms with Gasteiger partial charge in [0.1, 0.15) is 0 Å². The summed E-state index contributed by atoms with van der Waals surface area (Å²) in [5.41, 5.74) is 0. The first-order valence-corrected chi connectivity index (χ1v) is 7.20. The molecule has 1 saturated carbocycles. The molecule has 0 spiro atoms. The van der Waals surface area contributed by atoms with Crippen LogP contribution >= 0.6 is 0 Å². The Balaban J connectivity index is 1.98. The van der Waals surface area contributed by atoms with Crippen LogP contribution < -0.4 is 5.32 Å². The SMILES string of the molecule is CCC1NC(C)C(=O)N1CC1CCCCC1C. The lowest BCUT2D eigenvalue weighted by molar-refractivity contribution is -0.130. The van der Waals surface area contributed by atoms with Gasteiger partial charge in [-0.15, -0.1) is 0 Å². The van der Waals surface area contributed by atoms with Crippen LogP contribution in [0.5, 0.6) is 0 Å². The maximum Gasteiger partial charge on any atom is 0.240 e. The van der Waals surface area contributed by atoms with Crippen LogP contribution in [-0.4, -0.2) is 29.6 Å². The fourth-order valence-corrected chi connectivity index (χ4v) is 3.32. The molecule has 0 aromatic carbocycles. The van der Waals surface area contributed by atoms with Crippen molar-refractivity contribution >= 4 is 5.91 Å². The molecule has 2 fully saturated rings. The topological polar surface area (TPSA) is 32.3 Å². The average Bonchev–Trinajstić information content (AvgIpc) is 2.59. The van der Waals surface area contributed by atoms with Crippen molar-refractivity contribution in [2.24, 2.45) is 11.8 Å². The molecule has 1 heterocycles. The second kappa shape index (κ2) is 5.38. The zero-order valence-corrected chi connectivity index (χ0v) is 11.4. The van der Waals surface area contributed by atoms with Gasteiger partial charge in [-0.1, -0.05) is 33.1 Å². The standard InChI is InChI=1S/C14H26N2O/c1-4-13-15-11(3)14(17)16(13)9-12-8-6-5-7-10(12)2/h10-13,15H,4-9H2,1-3H3. The molecule has 1 aliphatic carbocycles. The Bertz CT molecular complexity index is 279. The van der Waals surface area contributed by atoms with Crippen molar-refractivity contribution in [1.82, 2.24) is 10.2 Å².